The van der Waals surface area contributed by atoms with Gasteiger partial charge in [0.05, 0.1) is 6.61 Å². The first-order valence-electron chi connectivity index (χ1n) is 6.70. The molecule has 0 unspecified atom stereocenters. The van der Waals surface area contributed by atoms with E-state index in [9.17, 15) is 4.79 Å². The average Bonchev–Trinajstić information content (AvgIpc) is 2.72. The zero-order chi connectivity index (χ0) is 12.3. The summed E-state index contributed by atoms with van der Waals surface area (Å²) < 4.78 is 5.22. The summed E-state index contributed by atoms with van der Waals surface area (Å²) in [7, 11) is 1.74. The van der Waals surface area contributed by atoms with Crippen LogP contribution in [0, 0.1) is 17.8 Å². The second kappa shape index (κ2) is 5.83. The second-order valence-electron chi connectivity index (χ2n) is 5.46. The third kappa shape index (κ3) is 2.99. The zero-order valence-electron chi connectivity index (χ0n) is 10.9. The Bertz CT molecular complexity index is 264. The Morgan fingerprint density at radius 3 is 2.71 bits per heavy atom. The fourth-order valence-electron chi connectivity index (χ4n) is 2.97. The van der Waals surface area contributed by atoms with E-state index < -0.39 is 0 Å². The molecule has 4 nitrogen and oxygen atoms in total. The quantitative estimate of drug-likeness (QED) is 0.790. The molecule has 0 aromatic heterocycles. The summed E-state index contributed by atoms with van der Waals surface area (Å²) in [6, 6.07) is 0. The fraction of sp³-hybridized carbons (Fsp3) is 0.923. The molecule has 0 aromatic carbocycles. The number of nitrogens with zero attached hydrogens (tertiary/aromatic N) is 1. The highest BCUT2D eigenvalue weighted by Gasteiger charge is 2.35. The Morgan fingerprint density at radius 1 is 1.35 bits per heavy atom. The number of likely N-dealkylation sites (tertiary alicyclic amines) is 1. The first kappa shape index (κ1) is 12.8. The van der Waals surface area contributed by atoms with Gasteiger partial charge < -0.3 is 15.0 Å². The minimum Gasteiger partial charge on any atom is -0.384 e. The van der Waals surface area contributed by atoms with Crippen LogP contribution < -0.4 is 5.32 Å². The van der Waals surface area contributed by atoms with Crippen molar-refractivity contribution in [2.24, 2.45) is 17.8 Å². The molecule has 0 saturated carbocycles. The number of amides is 1. The number of carbonyl (C=O) groups excluding carboxylic acids is 1. The summed E-state index contributed by atoms with van der Waals surface area (Å²) in [6.07, 6.45) is 2.00. The van der Waals surface area contributed by atoms with Crippen molar-refractivity contribution in [3.05, 3.63) is 0 Å². The zero-order valence-corrected chi connectivity index (χ0v) is 10.9. The van der Waals surface area contributed by atoms with E-state index in [4.69, 9.17) is 4.74 Å². The molecule has 2 rings (SSSR count). The maximum absolute atomic E-state index is 12.4. The fourth-order valence-corrected chi connectivity index (χ4v) is 2.97. The van der Waals surface area contributed by atoms with Crippen LogP contribution in [-0.4, -0.2) is 50.7 Å². The van der Waals surface area contributed by atoms with Gasteiger partial charge >= 0.3 is 0 Å². The van der Waals surface area contributed by atoms with Gasteiger partial charge in [-0.2, -0.15) is 0 Å². The normalized spacial score (nSPS) is 30.8. The largest absolute Gasteiger partial charge is 0.384 e. The van der Waals surface area contributed by atoms with Gasteiger partial charge in [-0.05, 0) is 31.8 Å². The highest BCUT2D eigenvalue weighted by molar-refractivity contribution is 5.79. The van der Waals surface area contributed by atoms with Crippen LogP contribution in [0.4, 0.5) is 0 Å². The van der Waals surface area contributed by atoms with Gasteiger partial charge in [0, 0.05) is 32.0 Å². The average molecular weight is 240 g/mol. The maximum atomic E-state index is 12.4. The molecule has 0 aromatic rings. The lowest BCUT2D eigenvalue weighted by Gasteiger charge is -2.26. The Labute approximate surface area is 104 Å². The highest BCUT2D eigenvalue weighted by atomic mass is 16.5. The monoisotopic (exact) mass is 240 g/mol. The van der Waals surface area contributed by atoms with Crippen molar-refractivity contribution in [3.8, 4) is 0 Å². The smallest absolute Gasteiger partial charge is 0.225 e. The van der Waals surface area contributed by atoms with Crippen molar-refractivity contribution in [2.75, 3.05) is 39.9 Å². The van der Waals surface area contributed by atoms with Gasteiger partial charge in [0.1, 0.15) is 0 Å². The van der Waals surface area contributed by atoms with Crippen molar-refractivity contribution in [3.63, 3.8) is 0 Å². The van der Waals surface area contributed by atoms with E-state index in [1.165, 1.54) is 0 Å². The van der Waals surface area contributed by atoms with Crippen LogP contribution in [0.5, 0.6) is 0 Å². The van der Waals surface area contributed by atoms with Crippen LogP contribution in [0.1, 0.15) is 19.8 Å². The van der Waals surface area contributed by atoms with Crippen molar-refractivity contribution < 1.29 is 9.53 Å². The van der Waals surface area contributed by atoms with E-state index in [1.54, 1.807) is 7.11 Å². The molecule has 2 atom stereocenters. The van der Waals surface area contributed by atoms with Gasteiger partial charge in [-0.1, -0.05) is 6.92 Å². The molecule has 0 bridgehead atoms. The number of carbonyl (C=O) groups is 1. The summed E-state index contributed by atoms with van der Waals surface area (Å²) in [5.41, 5.74) is 0. The lowest BCUT2D eigenvalue weighted by atomic mass is 9.97. The summed E-state index contributed by atoms with van der Waals surface area (Å²) in [6.45, 7) is 6.77. The molecule has 1 amide bonds. The first-order chi connectivity index (χ1) is 8.22. The van der Waals surface area contributed by atoms with Gasteiger partial charge in [-0.3, -0.25) is 4.79 Å². The standard InChI is InChI=1S/C13H24N2O2/c1-10-7-15(8-12(10)9-17-2)13(16)11-3-5-14-6-4-11/h10-12,14H,3-9H2,1-2H3/t10-,12+/m1/s1. The molecule has 98 valence electrons. The molecule has 0 radical (unpaired) electrons. The van der Waals surface area contributed by atoms with Crippen molar-refractivity contribution >= 4 is 5.91 Å². The Hall–Kier alpha value is -0.610. The van der Waals surface area contributed by atoms with Crippen LogP contribution in [-0.2, 0) is 9.53 Å². The van der Waals surface area contributed by atoms with Crippen molar-refractivity contribution in [2.45, 2.75) is 19.8 Å². The number of hydrogen-bond acceptors (Lipinski definition) is 3. The Kier molecular flexibility index (Phi) is 4.40. The SMILES string of the molecule is COC[C@@H]1CN(C(=O)C2CCNCC2)C[C@H]1C. The molecular weight excluding hydrogens is 216 g/mol. The van der Waals surface area contributed by atoms with E-state index in [-0.39, 0.29) is 5.92 Å². The van der Waals surface area contributed by atoms with Crippen LogP contribution in [0.3, 0.4) is 0 Å². The second-order valence-corrected chi connectivity index (χ2v) is 5.46. The summed E-state index contributed by atoms with van der Waals surface area (Å²) >= 11 is 0. The van der Waals surface area contributed by atoms with Crippen molar-refractivity contribution in [1.29, 1.82) is 0 Å². The molecule has 2 aliphatic rings. The summed E-state index contributed by atoms with van der Waals surface area (Å²) in [4.78, 5) is 14.4. The third-order valence-electron chi connectivity index (χ3n) is 4.15. The maximum Gasteiger partial charge on any atom is 0.225 e. The third-order valence-corrected chi connectivity index (χ3v) is 4.15. The van der Waals surface area contributed by atoms with Gasteiger partial charge in [0.25, 0.3) is 0 Å². The lowest BCUT2D eigenvalue weighted by Crippen LogP contribution is -2.40. The number of nitrogens with one attached hydrogen (secondary N) is 1. The van der Waals surface area contributed by atoms with Crippen LogP contribution >= 0.6 is 0 Å². The van der Waals surface area contributed by atoms with E-state index in [1.807, 2.05) is 0 Å². The molecule has 2 fully saturated rings. The topological polar surface area (TPSA) is 41.6 Å². The van der Waals surface area contributed by atoms with Crippen LogP contribution in [0.25, 0.3) is 0 Å². The number of hydrogen-bond donors (Lipinski definition) is 1. The van der Waals surface area contributed by atoms with E-state index in [2.05, 4.69) is 17.1 Å². The molecule has 4 heteroatoms. The lowest BCUT2D eigenvalue weighted by molar-refractivity contribution is -0.135. The van der Waals surface area contributed by atoms with Gasteiger partial charge in [-0.15, -0.1) is 0 Å². The molecule has 2 aliphatic heterocycles. The van der Waals surface area contributed by atoms with Crippen LogP contribution in [0.2, 0.25) is 0 Å². The molecule has 17 heavy (non-hydrogen) atoms. The minimum atomic E-state index is 0.254. The van der Waals surface area contributed by atoms with Crippen molar-refractivity contribution in [1.82, 2.24) is 10.2 Å². The van der Waals surface area contributed by atoms with Crippen LogP contribution in [0.15, 0.2) is 0 Å². The van der Waals surface area contributed by atoms with Gasteiger partial charge in [-0.25, -0.2) is 0 Å². The molecule has 1 N–H and O–H groups in total. The molecule has 0 aliphatic carbocycles. The van der Waals surface area contributed by atoms with Gasteiger partial charge in [0.2, 0.25) is 5.91 Å². The number of rotatable bonds is 3. The summed E-state index contributed by atoms with van der Waals surface area (Å²) in [5, 5.41) is 3.31. The minimum absolute atomic E-state index is 0.254. The Balaban J connectivity index is 1.88. The summed E-state index contributed by atoms with van der Waals surface area (Å²) in [5.74, 6) is 1.72. The van der Waals surface area contributed by atoms with E-state index >= 15 is 0 Å². The Morgan fingerprint density at radius 2 is 2.06 bits per heavy atom. The number of piperidine rings is 1. The predicted molar refractivity (Wildman–Crippen MR) is 66.7 cm³/mol. The molecule has 0 spiro atoms. The number of methoxy groups -OCH3 is 1. The van der Waals surface area contributed by atoms with Gasteiger partial charge in [0.15, 0.2) is 0 Å². The van der Waals surface area contributed by atoms with E-state index in [0.29, 0.717) is 17.7 Å². The molecule has 2 heterocycles. The first-order valence-corrected chi connectivity index (χ1v) is 6.70. The predicted octanol–water partition coefficient (Wildman–Crippen LogP) is 0.727. The molecule has 2 saturated heterocycles. The highest BCUT2D eigenvalue weighted by Crippen LogP contribution is 2.26. The molecular formula is C13H24N2O2. The van der Waals surface area contributed by atoms with E-state index in [0.717, 1.165) is 45.6 Å². The number of ether oxygens (including phenoxy) is 1.